The molecule has 10 heteroatoms. The van der Waals surface area contributed by atoms with Crippen LogP contribution in [-0.4, -0.2) is 70.6 Å². The van der Waals surface area contributed by atoms with Crippen molar-refractivity contribution in [3.05, 3.63) is 29.8 Å². The van der Waals surface area contributed by atoms with Crippen LogP contribution in [0.15, 0.2) is 29.3 Å². The van der Waals surface area contributed by atoms with E-state index in [2.05, 4.69) is 10.3 Å². The maximum Gasteiger partial charge on any atom is 0.416 e. The molecule has 0 amide bonds. The molecule has 0 unspecified atom stereocenters. The van der Waals surface area contributed by atoms with E-state index in [0.29, 0.717) is 57.3 Å². The van der Waals surface area contributed by atoms with Crippen LogP contribution in [0.3, 0.4) is 0 Å². The molecule has 0 aromatic heterocycles. The van der Waals surface area contributed by atoms with E-state index in [9.17, 15) is 21.6 Å². The largest absolute Gasteiger partial charge is 0.416 e. The average molecular weight is 421 g/mol. The number of hydrogen-bond donors (Lipinski definition) is 1. The second kappa shape index (κ2) is 9.49. The lowest BCUT2D eigenvalue weighted by molar-refractivity contribution is -0.137. The van der Waals surface area contributed by atoms with E-state index in [1.165, 1.54) is 18.4 Å². The van der Waals surface area contributed by atoms with E-state index < -0.39 is 21.6 Å². The molecular formula is C18H27F3N4O2S. The fourth-order valence-electron chi connectivity index (χ4n) is 2.99. The highest BCUT2D eigenvalue weighted by Crippen LogP contribution is 2.31. The Bertz CT molecular complexity index is 773. The number of piperazine rings is 1. The minimum atomic E-state index is -4.35. The number of alkyl halides is 3. The molecule has 0 radical (unpaired) electrons. The van der Waals surface area contributed by atoms with E-state index in [-0.39, 0.29) is 5.75 Å². The van der Waals surface area contributed by atoms with Gasteiger partial charge >= 0.3 is 6.18 Å². The van der Waals surface area contributed by atoms with Crippen LogP contribution in [0.1, 0.15) is 18.9 Å². The zero-order chi connectivity index (χ0) is 20.8. The second-order valence-electron chi connectivity index (χ2n) is 6.74. The molecule has 0 spiro atoms. The second-order valence-corrected chi connectivity index (χ2v) is 9.00. The van der Waals surface area contributed by atoms with Crippen LogP contribution in [0.5, 0.6) is 0 Å². The fourth-order valence-corrected chi connectivity index (χ4v) is 3.65. The molecule has 1 heterocycles. The zero-order valence-corrected chi connectivity index (χ0v) is 17.0. The van der Waals surface area contributed by atoms with Gasteiger partial charge < -0.3 is 15.1 Å². The average Bonchev–Trinajstić information content (AvgIpc) is 2.63. The summed E-state index contributed by atoms with van der Waals surface area (Å²) in [6.07, 6.45) is -2.69. The maximum atomic E-state index is 12.9. The number of aliphatic imine (C=N–C) groups is 1. The lowest BCUT2D eigenvalue weighted by Gasteiger charge is -2.38. The predicted molar refractivity (Wildman–Crippen MR) is 106 cm³/mol. The Morgan fingerprint density at radius 3 is 2.46 bits per heavy atom. The van der Waals surface area contributed by atoms with Gasteiger partial charge in [0.15, 0.2) is 5.96 Å². The number of guanidine groups is 1. The van der Waals surface area contributed by atoms with Gasteiger partial charge in [0.25, 0.3) is 0 Å². The molecule has 158 valence electrons. The summed E-state index contributed by atoms with van der Waals surface area (Å²) in [5, 5.41) is 3.19. The van der Waals surface area contributed by atoms with Crippen LogP contribution in [-0.2, 0) is 16.0 Å². The Hall–Kier alpha value is -1.97. The molecule has 0 bridgehead atoms. The van der Waals surface area contributed by atoms with Gasteiger partial charge in [0.2, 0.25) is 0 Å². The van der Waals surface area contributed by atoms with Crippen LogP contribution in [0.25, 0.3) is 0 Å². The van der Waals surface area contributed by atoms with E-state index in [1.54, 1.807) is 6.07 Å². The van der Waals surface area contributed by atoms with Crippen molar-refractivity contribution in [3.63, 3.8) is 0 Å². The van der Waals surface area contributed by atoms with Crippen LogP contribution < -0.4 is 10.2 Å². The monoisotopic (exact) mass is 420 g/mol. The molecule has 0 atom stereocenters. The normalized spacial score (nSPS) is 16.4. The first-order chi connectivity index (χ1) is 13.1. The molecular weight excluding hydrogens is 393 g/mol. The quantitative estimate of drug-likeness (QED) is 0.434. The molecule has 1 aliphatic rings. The van der Waals surface area contributed by atoms with Gasteiger partial charge in [-0.25, -0.2) is 8.42 Å². The molecule has 0 aliphatic carbocycles. The highest BCUT2D eigenvalue weighted by Gasteiger charge is 2.31. The molecule has 1 aromatic carbocycles. The zero-order valence-electron chi connectivity index (χ0n) is 16.2. The first-order valence-electron chi connectivity index (χ1n) is 9.23. The van der Waals surface area contributed by atoms with Gasteiger partial charge in [-0.05, 0) is 31.5 Å². The van der Waals surface area contributed by atoms with Crippen LogP contribution >= 0.6 is 0 Å². The highest BCUT2D eigenvalue weighted by atomic mass is 32.2. The summed E-state index contributed by atoms with van der Waals surface area (Å²) in [6, 6.07) is 5.37. The number of benzene rings is 1. The number of nitrogens with one attached hydrogen (secondary N) is 1. The molecule has 1 aliphatic heterocycles. The number of nitrogens with zero attached hydrogens (tertiary/aromatic N) is 3. The Labute approximate surface area is 164 Å². The predicted octanol–water partition coefficient (Wildman–Crippen LogP) is 2.23. The Balaban J connectivity index is 1.96. The van der Waals surface area contributed by atoms with Gasteiger partial charge in [0.05, 0.1) is 11.3 Å². The van der Waals surface area contributed by atoms with Gasteiger partial charge in [-0.1, -0.05) is 6.07 Å². The van der Waals surface area contributed by atoms with Gasteiger partial charge in [0, 0.05) is 51.2 Å². The summed E-state index contributed by atoms with van der Waals surface area (Å²) in [5.41, 5.74) is -0.0854. The summed E-state index contributed by atoms with van der Waals surface area (Å²) < 4.78 is 61.2. The van der Waals surface area contributed by atoms with Crippen molar-refractivity contribution < 1.29 is 21.6 Å². The summed E-state index contributed by atoms with van der Waals surface area (Å²) in [5.74, 6) is 0.805. The Kier molecular flexibility index (Phi) is 7.56. The van der Waals surface area contributed by atoms with Crippen LogP contribution in [0, 0.1) is 0 Å². The van der Waals surface area contributed by atoms with Gasteiger partial charge in [-0.3, -0.25) is 4.99 Å². The number of halogens is 3. The molecule has 2 rings (SSSR count). The van der Waals surface area contributed by atoms with Gasteiger partial charge in [-0.2, -0.15) is 13.2 Å². The van der Waals surface area contributed by atoms with Crippen molar-refractivity contribution in [1.82, 2.24) is 10.2 Å². The minimum Gasteiger partial charge on any atom is -0.368 e. The Morgan fingerprint density at radius 1 is 1.21 bits per heavy atom. The maximum absolute atomic E-state index is 12.9. The van der Waals surface area contributed by atoms with Gasteiger partial charge in [0.1, 0.15) is 9.84 Å². The molecule has 0 saturated carbocycles. The SMILES string of the molecule is CCNC(=NCCCS(C)(=O)=O)N1CCN(c2cccc(C(F)(F)F)c2)CC1. The van der Waals surface area contributed by atoms with Crippen molar-refractivity contribution in [2.45, 2.75) is 19.5 Å². The summed E-state index contributed by atoms with van der Waals surface area (Å²) in [6.45, 7) is 5.43. The van der Waals surface area contributed by atoms with Crippen molar-refractivity contribution in [1.29, 1.82) is 0 Å². The Morgan fingerprint density at radius 2 is 1.89 bits per heavy atom. The van der Waals surface area contributed by atoms with E-state index in [1.807, 2.05) is 16.7 Å². The summed E-state index contributed by atoms with van der Waals surface area (Å²) in [4.78, 5) is 8.46. The lowest BCUT2D eigenvalue weighted by Crippen LogP contribution is -2.52. The van der Waals surface area contributed by atoms with Crippen molar-refractivity contribution in [2.24, 2.45) is 4.99 Å². The number of anilines is 1. The number of hydrogen-bond acceptors (Lipinski definition) is 4. The van der Waals surface area contributed by atoms with Crippen LogP contribution in [0.4, 0.5) is 18.9 Å². The topological polar surface area (TPSA) is 65.0 Å². The first-order valence-corrected chi connectivity index (χ1v) is 11.3. The van der Waals surface area contributed by atoms with Crippen molar-refractivity contribution >= 4 is 21.5 Å². The van der Waals surface area contributed by atoms with Crippen molar-refractivity contribution in [2.75, 3.05) is 56.2 Å². The third-order valence-electron chi connectivity index (χ3n) is 4.39. The number of rotatable bonds is 6. The molecule has 1 aromatic rings. The molecule has 1 N–H and O–H groups in total. The molecule has 28 heavy (non-hydrogen) atoms. The fraction of sp³-hybridized carbons (Fsp3) is 0.611. The van der Waals surface area contributed by atoms with Crippen molar-refractivity contribution in [3.8, 4) is 0 Å². The standard InChI is InChI=1S/C18H27F3N4O2S/c1-3-22-17(23-8-5-13-28(2,26)27)25-11-9-24(10-12-25)16-7-4-6-15(14-16)18(19,20)21/h4,6-7,14H,3,5,8-13H2,1-2H3,(H,22,23). The van der Waals surface area contributed by atoms with Gasteiger partial charge in [-0.15, -0.1) is 0 Å². The lowest BCUT2D eigenvalue weighted by atomic mass is 10.1. The molecule has 1 saturated heterocycles. The van der Waals surface area contributed by atoms with E-state index >= 15 is 0 Å². The third kappa shape index (κ3) is 6.88. The third-order valence-corrected chi connectivity index (χ3v) is 5.42. The van der Waals surface area contributed by atoms with E-state index in [4.69, 9.17) is 0 Å². The first kappa shape index (κ1) is 22.3. The smallest absolute Gasteiger partial charge is 0.368 e. The summed E-state index contributed by atoms with van der Waals surface area (Å²) >= 11 is 0. The van der Waals surface area contributed by atoms with Crippen LogP contribution in [0.2, 0.25) is 0 Å². The minimum absolute atomic E-state index is 0.0965. The molecule has 6 nitrogen and oxygen atoms in total. The number of sulfone groups is 1. The van der Waals surface area contributed by atoms with E-state index in [0.717, 1.165) is 6.07 Å². The molecule has 1 fully saturated rings. The summed E-state index contributed by atoms with van der Waals surface area (Å²) in [7, 11) is -3.00. The highest BCUT2D eigenvalue weighted by molar-refractivity contribution is 7.90.